The fourth-order valence-corrected chi connectivity index (χ4v) is 5.36. The molecule has 1 aliphatic heterocycles. The average molecular weight is 383 g/mol. The number of fused-ring (bicyclic) bond motifs is 3. The van der Waals surface area contributed by atoms with Crippen LogP contribution in [0.1, 0.15) is 46.5 Å². The van der Waals surface area contributed by atoms with Crippen molar-refractivity contribution in [3.05, 3.63) is 76.3 Å². The molecule has 5 rings (SSSR count). The lowest BCUT2D eigenvalue weighted by atomic mass is 9.94. The Morgan fingerprint density at radius 2 is 2.08 bits per heavy atom. The highest BCUT2D eigenvalue weighted by molar-refractivity contribution is 7.99. The molecule has 1 aliphatic carbocycles. The van der Waals surface area contributed by atoms with Crippen LogP contribution in [0.25, 0.3) is 5.69 Å². The number of aromatic nitrogens is 2. The zero-order valence-corrected chi connectivity index (χ0v) is 16.1. The summed E-state index contributed by atoms with van der Waals surface area (Å²) in [6.07, 6.45) is 6.40. The van der Waals surface area contributed by atoms with Gasteiger partial charge in [0.25, 0.3) is 0 Å². The van der Waals surface area contributed by atoms with Crippen LogP contribution >= 0.6 is 23.4 Å². The van der Waals surface area contributed by atoms with Crippen LogP contribution in [-0.4, -0.2) is 16.7 Å². The average Bonchev–Trinajstić information content (AvgIpc) is 3.42. The van der Waals surface area contributed by atoms with Crippen LogP contribution in [0.5, 0.6) is 5.75 Å². The van der Waals surface area contributed by atoms with Crippen molar-refractivity contribution in [3.8, 4) is 11.4 Å². The molecular weight excluding hydrogens is 364 g/mol. The molecule has 0 saturated heterocycles. The Balaban J connectivity index is 1.72. The number of ether oxygens (including phenoxy) is 1. The fourth-order valence-electron chi connectivity index (χ4n) is 3.90. The van der Waals surface area contributed by atoms with Gasteiger partial charge in [-0.3, -0.25) is 0 Å². The third kappa shape index (κ3) is 2.63. The van der Waals surface area contributed by atoms with E-state index in [0.29, 0.717) is 5.92 Å². The second-order valence-corrected chi connectivity index (χ2v) is 8.37. The first-order chi connectivity index (χ1) is 12.8. The summed E-state index contributed by atoms with van der Waals surface area (Å²) in [4.78, 5) is 4.55. The van der Waals surface area contributed by atoms with Crippen LogP contribution < -0.4 is 4.74 Å². The van der Waals surface area contributed by atoms with Crippen LogP contribution in [0.15, 0.2) is 48.8 Å². The molecular formula is C21H19ClN2OS. The Bertz CT molecular complexity index is 980. The van der Waals surface area contributed by atoms with Gasteiger partial charge in [0.2, 0.25) is 0 Å². The Labute approximate surface area is 162 Å². The molecule has 2 heterocycles. The molecule has 1 fully saturated rings. The fraction of sp³-hybridized carbons (Fsp3) is 0.286. The Morgan fingerprint density at radius 3 is 2.88 bits per heavy atom. The summed E-state index contributed by atoms with van der Waals surface area (Å²) >= 11 is 8.31. The lowest BCUT2D eigenvalue weighted by Crippen LogP contribution is -2.05. The number of hydrogen-bond donors (Lipinski definition) is 0. The molecule has 1 aromatic heterocycles. The summed E-state index contributed by atoms with van der Waals surface area (Å²) < 4.78 is 7.91. The third-order valence-electron chi connectivity index (χ3n) is 5.22. The quantitative estimate of drug-likeness (QED) is 0.577. The highest BCUT2D eigenvalue weighted by atomic mass is 35.5. The van der Waals surface area contributed by atoms with Crippen LogP contribution in [0.4, 0.5) is 0 Å². The van der Waals surface area contributed by atoms with Crippen molar-refractivity contribution < 1.29 is 4.74 Å². The molecule has 3 aromatic rings. The molecule has 0 amide bonds. The summed E-state index contributed by atoms with van der Waals surface area (Å²) in [6.45, 7) is 0. The van der Waals surface area contributed by atoms with Crippen molar-refractivity contribution in [3.63, 3.8) is 0 Å². The maximum atomic E-state index is 6.40. The van der Waals surface area contributed by atoms with Gasteiger partial charge in [-0.1, -0.05) is 23.7 Å². The summed E-state index contributed by atoms with van der Waals surface area (Å²) in [5.74, 6) is 3.57. The van der Waals surface area contributed by atoms with Gasteiger partial charge >= 0.3 is 0 Å². The molecule has 2 aromatic carbocycles. The molecule has 2 aliphatic rings. The Hall–Kier alpha value is -1.91. The number of imidazole rings is 1. The molecule has 1 saturated carbocycles. The second-order valence-electron chi connectivity index (χ2n) is 6.85. The van der Waals surface area contributed by atoms with E-state index in [-0.39, 0.29) is 5.25 Å². The summed E-state index contributed by atoms with van der Waals surface area (Å²) in [5, 5.41) is 0.991. The molecule has 3 nitrogen and oxygen atoms in total. The minimum atomic E-state index is 0.219. The van der Waals surface area contributed by atoms with Crippen molar-refractivity contribution in [1.82, 2.24) is 9.55 Å². The van der Waals surface area contributed by atoms with Crippen molar-refractivity contribution >= 4 is 23.4 Å². The maximum absolute atomic E-state index is 6.40. The number of thioether (sulfide) groups is 1. The van der Waals surface area contributed by atoms with E-state index >= 15 is 0 Å². The third-order valence-corrected chi connectivity index (χ3v) is 6.72. The van der Waals surface area contributed by atoms with Crippen molar-refractivity contribution in [2.45, 2.75) is 29.8 Å². The van der Waals surface area contributed by atoms with Gasteiger partial charge in [0.1, 0.15) is 11.6 Å². The van der Waals surface area contributed by atoms with E-state index in [2.05, 4.69) is 39.9 Å². The lowest BCUT2D eigenvalue weighted by Gasteiger charge is -2.22. The minimum Gasteiger partial charge on any atom is -0.496 e. The van der Waals surface area contributed by atoms with Gasteiger partial charge in [0.05, 0.1) is 23.8 Å². The first-order valence-corrected chi connectivity index (χ1v) is 10.3. The smallest absolute Gasteiger partial charge is 0.123 e. The van der Waals surface area contributed by atoms with Gasteiger partial charge in [0, 0.05) is 23.0 Å². The summed E-state index contributed by atoms with van der Waals surface area (Å²) in [5.41, 5.74) is 5.14. The monoisotopic (exact) mass is 382 g/mol. The van der Waals surface area contributed by atoms with E-state index in [4.69, 9.17) is 16.3 Å². The number of benzene rings is 2. The minimum absolute atomic E-state index is 0.219. The van der Waals surface area contributed by atoms with E-state index in [1.807, 2.05) is 30.2 Å². The Morgan fingerprint density at radius 1 is 1.19 bits per heavy atom. The largest absolute Gasteiger partial charge is 0.496 e. The van der Waals surface area contributed by atoms with Crippen LogP contribution in [0.3, 0.4) is 0 Å². The van der Waals surface area contributed by atoms with Gasteiger partial charge in [-0.15, -0.1) is 11.8 Å². The Kier molecular flexibility index (Phi) is 3.98. The van der Waals surface area contributed by atoms with Crippen LogP contribution in [-0.2, 0) is 5.75 Å². The van der Waals surface area contributed by atoms with E-state index in [1.165, 1.54) is 35.2 Å². The van der Waals surface area contributed by atoms with Gasteiger partial charge < -0.3 is 9.30 Å². The number of hydrogen-bond acceptors (Lipinski definition) is 3. The van der Waals surface area contributed by atoms with E-state index in [9.17, 15) is 0 Å². The van der Waals surface area contributed by atoms with Crippen molar-refractivity contribution in [1.29, 1.82) is 0 Å². The molecule has 132 valence electrons. The number of nitrogens with zero attached hydrogens (tertiary/aromatic N) is 2. The molecule has 0 radical (unpaired) electrons. The SMILES string of the molecule is COc1cccc([C@H]2SCc3nccn3-c3ccc(Cl)cc32)c1C1CC1. The second kappa shape index (κ2) is 6.36. The summed E-state index contributed by atoms with van der Waals surface area (Å²) in [7, 11) is 1.77. The highest BCUT2D eigenvalue weighted by Crippen LogP contribution is 2.52. The molecule has 5 heteroatoms. The molecule has 0 N–H and O–H groups in total. The predicted octanol–water partition coefficient (Wildman–Crippen LogP) is 5.75. The standard InChI is InChI=1S/C21H19ClN2OS/c1-25-18-4-2-3-15(20(18)13-5-6-13)21-16-11-14(22)7-8-17(16)24-10-9-23-19(24)12-26-21/h2-4,7-11,13,21H,5-6,12H2,1H3/t21-/m1/s1. The summed E-state index contributed by atoms with van der Waals surface area (Å²) in [6, 6.07) is 12.6. The van der Waals surface area contributed by atoms with Gasteiger partial charge in [-0.25, -0.2) is 4.98 Å². The zero-order valence-electron chi connectivity index (χ0n) is 14.5. The first-order valence-electron chi connectivity index (χ1n) is 8.86. The first kappa shape index (κ1) is 16.3. The van der Waals surface area contributed by atoms with E-state index in [0.717, 1.165) is 22.3 Å². The maximum Gasteiger partial charge on any atom is 0.123 e. The van der Waals surface area contributed by atoms with Crippen molar-refractivity contribution in [2.24, 2.45) is 0 Å². The van der Waals surface area contributed by atoms with E-state index in [1.54, 1.807) is 7.11 Å². The number of halogens is 1. The van der Waals surface area contributed by atoms with Gasteiger partial charge in [0.15, 0.2) is 0 Å². The van der Waals surface area contributed by atoms with E-state index < -0.39 is 0 Å². The van der Waals surface area contributed by atoms with Gasteiger partial charge in [-0.05, 0) is 54.2 Å². The lowest BCUT2D eigenvalue weighted by molar-refractivity contribution is 0.409. The molecule has 0 bridgehead atoms. The highest BCUT2D eigenvalue weighted by Gasteiger charge is 2.34. The van der Waals surface area contributed by atoms with Gasteiger partial charge in [-0.2, -0.15) is 0 Å². The molecule has 1 atom stereocenters. The zero-order chi connectivity index (χ0) is 17.7. The predicted molar refractivity (Wildman–Crippen MR) is 107 cm³/mol. The topological polar surface area (TPSA) is 27.1 Å². The van der Waals surface area contributed by atoms with Crippen LogP contribution in [0, 0.1) is 0 Å². The number of methoxy groups -OCH3 is 1. The molecule has 26 heavy (non-hydrogen) atoms. The molecule has 0 unspecified atom stereocenters. The van der Waals surface area contributed by atoms with Crippen molar-refractivity contribution in [2.75, 3.05) is 7.11 Å². The normalized spacial score (nSPS) is 18.8. The number of rotatable bonds is 3. The molecule has 0 spiro atoms. The van der Waals surface area contributed by atoms with Crippen LogP contribution in [0.2, 0.25) is 5.02 Å².